The number of benzene rings is 1. The number of carbonyl (C=O) groups excluding carboxylic acids is 1. The summed E-state index contributed by atoms with van der Waals surface area (Å²) in [5, 5.41) is 13.4. The van der Waals surface area contributed by atoms with E-state index in [1.165, 1.54) is 6.20 Å². The number of hydrogen-bond donors (Lipinski definition) is 0. The number of carbonyl (C=O) groups is 1. The van der Waals surface area contributed by atoms with Gasteiger partial charge in [0.25, 0.3) is 5.91 Å². The highest BCUT2D eigenvalue weighted by molar-refractivity contribution is 5.94. The lowest BCUT2D eigenvalue weighted by molar-refractivity contribution is 0.0152. The standard InChI is InChI=1S/C21H19N5O3/c1-25-18(10-17(24-25)16-5-3-4-6-19(16)28-2)21(27)26-12-15(13-26)29-20-9-14(11-22)7-8-23-20/h3-10,15H,12-13H2,1-2H3. The third-order valence-electron chi connectivity index (χ3n) is 4.77. The number of ether oxygens (including phenoxy) is 2. The first-order chi connectivity index (χ1) is 14.1. The van der Waals surface area contributed by atoms with E-state index < -0.39 is 0 Å². The van der Waals surface area contributed by atoms with Gasteiger partial charge in [-0.2, -0.15) is 10.4 Å². The smallest absolute Gasteiger partial charge is 0.272 e. The predicted octanol–water partition coefficient (Wildman–Crippen LogP) is 2.27. The molecule has 146 valence electrons. The number of rotatable bonds is 5. The van der Waals surface area contributed by atoms with Crippen LogP contribution < -0.4 is 9.47 Å². The van der Waals surface area contributed by atoms with Gasteiger partial charge in [0.2, 0.25) is 5.88 Å². The van der Waals surface area contributed by atoms with Gasteiger partial charge in [0.15, 0.2) is 0 Å². The average molecular weight is 389 g/mol. The van der Waals surface area contributed by atoms with Gasteiger partial charge in [-0.05, 0) is 24.3 Å². The topological polar surface area (TPSA) is 93.3 Å². The molecule has 0 saturated carbocycles. The molecule has 2 aromatic heterocycles. The van der Waals surface area contributed by atoms with Crippen LogP contribution in [0.4, 0.5) is 0 Å². The van der Waals surface area contributed by atoms with Gasteiger partial charge in [0, 0.05) is 24.9 Å². The molecule has 0 spiro atoms. The number of nitriles is 1. The summed E-state index contributed by atoms with van der Waals surface area (Å²) in [6.07, 6.45) is 1.38. The highest BCUT2D eigenvalue weighted by Gasteiger charge is 2.34. The molecule has 0 aliphatic carbocycles. The van der Waals surface area contributed by atoms with Crippen LogP contribution in [-0.4, -0.2) is 51.9 Å². The van der Waals surface area contributed by atoms with Crippen molar-refractivity contribution in [3.8, 4) is 29.0 Å². The Bertz CT molecular complexity index is 1100. The first kappa shape index (κ1) is 18.5. The normalized spacial score (nSPS) is 13.5. The molecule has 0 N–H and O–H groups in total. The molecular weight excluding hydrogens is 370 g/mol. The Hall–Kier alpha value is -3.86. The molecule has 8 heteroatoms. The number of likely N-dealkylation sites (tertiary alicyclic amines) is 1. The summed E-state index contributed by atoms with van der Waals surface area (Å²) < 4.78 is 12.7. The zero-order valence-corrected chi connectivity index (χ0v) is 16.1. The second kappa shape index (κ2) is 7.64. The highest BCUT2D eigenvalue weighted by Crippen LogP contribution is 2.29. The zero-order chi connectivity index (χ0) is 20.4. The first-order valence-corrected chi connectivity index (χ1v) is 9.08. The van der Waals surface area contributed by atoms with Crippen molar-refractivity contribution in [1.29, 1.82) is 5.26 Å². The third kappa shape index (κ3) is 3.62. The molecule has 29 heavy (non-hydrogen) atoms. The molecule has 1 fully saturated rings. The van der Waals surface area contributed by atoms with E-state index in [1.807, 2.05) is 24.3 Å². The molecule has 0 bridgehead atoms. The van der Waals surface area contributed by atoms with Crippen LogP contribution in [0, 0.1) is 11.3 Å². The van der Waals surface area contributed by atoms with Gasteiger partial charge in [0.1, 0.15) is 17.5 Å². The molecule has 1 aliphatic heterocycles. The van der Waals surface area contributed by atoms with Crippen LogP contribution in [0.25, 0.3) is 11.3 Å². The van der Waals surface area contributed by atoms with Gasteiger partial charge in [-0.15, -0.1) is 0 Å². The molecule has 0 atom stereocenters. The van der Waals surface area contributed by atoms with Gasteiger partial charge in [0.05, 0.1) is 37.5 Å². The molecule has 0 radical (unpaired) electrons. The van der Waals surface area contributed by atoms with Gasteiger partial charge in [-0.1, -0.05) is 12.1 Å². The Labute approximate surface area is 167 Å². The Morgan fingerprint density at radius 3 is 2.79 bits per heavy atom. The van der Waals surface area contributed by atoms with Gasteiger partial charge < -0.3 is 14.4 Å². The average Bonchev–Trinajstić information content (AvgIpc) is 3.11. The minimum atomic E-state index is -0.151. The molecule has 1 saturated heterocycles. The molecule has 4 rings (SSSR count). The molecule has 3 aromatic rings. The first-order valence-electron chi connectivity index (χ1n) is 9.08. The van der Waals surface area contributed by atoms with Crippen molar-refractivity contribution in [1.82, 2.24) is 19.7 Å². The Morgan fingerprint density at radius 2 is 2.03 bits per heavy atom. The van der Waals surface area contributed by atoms with Crippen molar-refractivity contribution < 1.29 is 14.3 Å². The maximum Gasteiger partial charge on any atom is 0.272 e. The predicted molar refractivity (Wildman–Crippen MR) is 104 cm³/mol. The Morgan fingerprint density at radius 1 is 1.24 bits per heavy atom. The quantitative estimate of drug-likeness (QED) is 0.665. The molecule has 1 aromatic carbocycles. The van der Waals surface area contributed by atoms with Crippen LogP contribution >= 0.6 is 0 Å². The van der Waals surface area contributed by atoms with E-state index >= 15 is 0 Å². The molecule has 0 unspecified atom stereocenters. The summed E-state index contributed by atoms with van der Waals surface area (Å²) in [4.78, 5) is 18.7. The summed E-state index contributed by atoms with van der Waals surface area (Å²) in [6.45, 7) is 0.902. The second-order valence-corrected chi connectivity index (χ2v) is 6.68. The summed E-state index contributed by atoms with van der Waals surface area (Å²) in [5.74, 6) is 0.981. The summed E-state index contributed by atoms with van der Waals surface area (Å²) >= 11 is 0. The van der Waals surface area contributed by atoms with Crippen molar-refractivity contribution in [3.05, 3.63) is 59.9 Å². The van der Waals surface area contributed by atoms with E-state index in [0.29, 0.717) is 41.7 Å². The molecule has 8 nitrogen and oxygen atoms in total. The lowest BCUT2D eigenvalue weighted by Crippen LogP contribution is -2.56. The third-order valence-corrected chi connectivity index (χ3v) is 4.77. The van der Waals surface area contributed by atoms with Gasteiger partial charge in [-0.3, -0.25) is 9.48 Å². The molecular formula is C21H19N5O3. The van der Waals surface area contributed by atoms with Crippen molar-refractivity contribution >= 4 is 5.91 Å². The van der Waals surface area contributed by atoms with Crippen molar-refractivity contribution in [2.24, 2.45) is 7.05 Å². The Kier molecular flexibility index (Phi) is 4.87. The fourth-order valence-corrected chi connectivity index (χ4v) is 3.21. The van der Waals surface area contributed by atoms with E-state index in [2.05, 4.69) is 16.2 Å². The largest absolute Gasteiger partial charge is 0.496 e. The molecule has 1 amide bonds. The maximum absolute atomic E-state index is 12.9. The number of para-hydroxylation sites is 1. The van der Waals surface area contributed by atoms with Crippen LogP contribution in [-0.2, 0) is 7.05 Å². The van der Waals surface area contributed by atoms with Gasteiger partial charge in [-0.25, -0.2) is 4.98 Å². The fraction of sp³-hybridized carbons (Fsp3) is 0.238. The van der Waals surface area contributed by atoms with Gasteiger partial charge >= 0.3 is 0 Å². The number of aryl methyl sites for hydroxylation is 1. The minimum absolute atomic E-state index is 0.111. The van der Waals surface area contributed by atoms with E-state index in [0.717, 1.165) is 5.56 Å². The van der Waals surface area contributed by atoms with E-state index in [4.69, 9.17) is 14.7 Å². The summed E-state index contributed by atoms with van der Waals surface area (Å²) in [6, 6.07) is 14.6. The van der Waals surface area contributed by atoms with Crippen LogP contribution in [0.2, 0.25) is 0 Å². The monoisotopic (exact) mass is 389 g/mol. The summed E-state index contributed by atoms with van der Waals surface area (Å²) in [7, 11) is 3.35. The lowest BCUT2D eigenvalue weighted by atomic mass is 10.1. The number of methoxy groups -OCH3 is 1. The van der Waals surface area contributed by atoms with E-state index in [1.54, 1.807) is 41.9 Å². The van der Waals surface area contributed by atoms with E-state index in [-0.39, 0.29) is 12.0 Å². The SMILES string of the molecule is COc1ccccc1-c1cc(C(=O)N2CC(Oc3cc(C#N)ccn3)C2)n(C)n1. The van der Waals surface area contributed by atoms with Crippen LogP contribution in [0.1, 0.15) is 16.1 Å². The summed E-state index contributed by atoms with van der Waals surface area (Å²) in [5.41, 5.74) is 2.49. The number of nitrogens with zero attached hydrogens (tertiary/aromatic N) is 5. The van der Waals surface area contributed by atoms with Crippen LogP contribution in [0.5, 0.6) is 11.6 Å². The van der Waals surface area contributed by atoms with Crippen LogP contribution in [0.15, 0.2) is 48.7 Å². The van der Waals surface area contributed by atoms with Crippen molar-refractivity contribution in [2.75, 3.05) is 20.2 Å². The second-order valence-electron chi connectivity index (χ2n) is 6.68. The van der Waals surface area contributed by atoms with Crippen molar-refractivity contribution in [3.63, 3.8) is 0 Å². The number of pyridine rings is 1. The fourth-order valence-electron chi connectivity index (χ4n) is 3.21. The highest BCUT2D eigenvalue weighted by atomic mass is 16.5. The van der Waals surface area contributed by atoms with Crippen LogP contribution in [0.3, 0.4) is 0 Å². The Balaban J connectivity index is 1.44. The van der Waals surface area contributed by atoms with E-state index in [9.17, 15) is 4.79 Å². The zero-order valence-electron chi connectivity index (χ0n) is 16.1. The number of amides is 1. The maximum atomic E-state index is 12.9. The minimum Gasteiger partial charge on any atom is -0.496 e. The number of aromatic nitrogens is 3. The molecule has 1 aliphatic rings. The number of hydrogen-bond acceptors (Lipinski definition) is 6. The lowest BCUT2D eigenvalue weighted by Gasteiger charge is -2.38. The molecule has 3 heterocycles. The van der Waals surface area contributed by atoms with Crippen molar-refractivity contribution in [2.45, 2.75) is 6.10 Å².